The minimum atomic E-state index is -4.65. The number of hydrogen-bond acceptors (Lipinski definition) is 8. The zero-order valence-electron chi connectivity index (χ0n) is 45.0. The van der Waals surface area contributed by atoms with Crippen molar-refractivity contribution in [3.05, 3.63) is 85.1 Å². The van der Waals surface area contributed by atoms with Crippen molar-refractivity contribution in [1.29, 1.82) is 0 Å². The van der Waals surface area contributed by atoms with Crippen molar-refractivity contribution in [2.75, 3.05) is 47.5 Å². The monoisotopic (exact) mass is 986 g/mol. The van der Waals surface area contributed by atoms with E-state index in [0.29, 0.717) is 17.4 Å². The van der Waals surface area contributed by atoms with E-state index in [1.54, 1.807) is 0 Å². The van der Waals surface area contributed by atoms with Gasteiger partial charge >= 0.3 is 11.9 Å². The second-order valence-corrected chi connectivity index (χ2v) is 21.0. The maximum absolute atomic E-state index is 12.8. The van der Waals surface area contributed by atoms with E-state index in [9.17, 15) is 19.0 Å². The number of hydrogen-bond donors (Lipinski definition) is 0. The second kappa shape index (κ2) is 50.1. The van der Waals surface area contributed by atoms with Gasteiger partial charge in [-0.3, -0.25) is 14.2 Å². The molecule has 0 aliphatic heterocycles. The van der Waals surface area contributed by atoms with Crippen LogP contribution in [0.1, 0.15) is 226 Å². The van der Waals surface area contributed by atoms with E-state index in [4.69, 9.17) is 18.5 Å². The average molecular weight is 986 g/mol. The Hall–Kier alpha value is -2.81. The normalized spacial score (nSPS) is 14.0. The van der Waals surface area contributed by atoms with Crippen LogP contribution in [-0.4, -0.2) is 70.0 Å². The molecule has 0 amide bonds. The maximum Gasteiger partial charge on any atom is 0.306 e. The quantitative estimate of drug-likeness (QED) is 0.0195. The Kier molecular flexibility index (Phi) is 48.1. The van der Waals surface area contributed by atoms with Crippen molar-refractivity contribution in [1.82, 2.24) is 0 Å². The van der Waals surface area contributed by atoms with E-state index in [1.165, 1.54) is 109 Å². The smallest absolute Gasteiger partial charge is 0.306 e. The Morgan fingerprint density at radius 3 is 1.23 bits per heavy atom. The highest BCUT2D eigenvalue weighted by atomic mass is 31.2. The van der Waals surface area contributed by atoms with Crippen LogP contribution in [0.3, 0.4) is 0 Å². The predicted octanol–water partition coefficient (Wildman–Crippen LogP) is 16.5. The van der Waals surface area contributed by atoms with Gasteiger partial charge < -0.3 is 27.9 Å². The van der Waals surface area contributed by atoms with Crippen molar-refractivity contribution in [2.24, 2.45) is 0 Å². The SMILES string of the molecule is CC/C=C\C/C=C\C/C=C\C/C=C\C/C=C\C/C=C\C/C=C\CCCCCC(=O)OC(COC(=O)CCCCCCCCCCCCCCCCCCCCCC)COP(=O)([O-])OCC[N+](C)(C)C. The fourth-order valence-corrected chi connectivity index (χ4v) is 8.13. The van der Waals surface area contributed by atoms with E-state index in [-0.39, 0.29) is 26.1 Å². The topological polar surface area (TPSA) is 111 Å². The zero-order valence-corrected chi connectivity index (χ0v) is 45.9. The summed E-state index contributed by atoms with van der Waals surface area (Å²) in [5, 5.41) is 0. The first-order chi connectivity index (χ1) is 33.5. The summed E-state index contributed by atoms with van der Waals surface area (Å²) in [6.45, 7) is 4.10. The average Bonchev–Trinajstić information content (AvgIpc) is 3.31. The number of esters is 2. The summed E-state index contributed by atoms with van der Waals surface area (Å²) in [6, 6.07) is 0. The Balaban J connectivity index is 4.29. The van der Waals surface area contributed by atoms with Crippen molar-refractivity contribution < 1.29 is 42.1 Å². The lowest BCUT2D eigenvalue weighted by molar-refractivity contribution is -0.870. The third kappa shape index (κ3) is 54.4. The molecule has 0 aliphatic carbocycles. The van der Waals surface area contributed by atoms with Crippen LogP contribution in [0.15, 0.2) is 85.1 Å². The molecule has 0 saturated carbocycles. The van der Waals surface area contributed by atoms with Gasteiger partial charge in [-0.1, -0.05) is 227 Å². The van der Waals surface area contributed by atoms with E-state index in [0.717, 1.165) is 83.5 Å². The Labute approximate surface area is 424 Å². The second-order valence-electron chi connectivity index (χ2n) is 19.6. The number of unbranched alkanes of at least 4 members (excludes halogenated alkanes) is 22. The van der Waals surface area contributed by atoms with Crippen molar-refractivity contribution in [3.63, 3.8) is 0 Å². The third-order valence-electron chi connectivity index (χ3n) is 11.7. The summed E-state index contributed by atoms with van der Waals surface area (Å²) in [5.74, 6) is -0.870. The maximum atomic E-state index is 12.8. The number of quaternary nitrogens is 1. The summed E-state index contributed by atoms with van der Waals surface area (Å²) >= 11 is 0. The first-order valence-electron chi connectivity index (χ1n) is 27.8. The lowest BCUT2D eigenvalue weighted by Gasteiger charge is -2.28. The standard InChI is InChI=1S/C59H104NO8P/c1-6-8-10-12-14-16-18-20-22-24-26-28-29-30-31-32-34-36-38-40-42-44-46-48-50-52-59(62)68-57(56-67-69(63,64)66-54-53-60(3,4)5)55-65-58(61)51-49-47-45-43-41-39-37-35-33-27-25-23-21-19-17-15-13-11-9-7-2/h8,10,14,16,20,22,26,28,30-31,34,36,40,42,57H,6-7,9,11-13,15,17-19,21,23-25,27,29,32-33,35,37-39,41,43-56H2,1-5H3/b10-8-,16-14-,22-20-,28-26-,31-30-,36-34-,42-40-. The van der Waals surface area contributed by atoms with Gasteiger partial charge in [-0.25, -0.2) is 0 Å². The number of phosphoric ester groups is 1. The molecule has 398 valence electrons. The Morgan fingerprint density at radius 1 is 0.464 bits per heavy atom. The molecule has 0 spiro atoms. The molecular formula is C59H104NO8P. The van der Waals surface area contributed by atoms with Crippen molar-refractivity contribution >= 4 is 19.8 Å². The lowest BCUT2D eigenvalue weighted by atomic mass is 10.0. The highest BCUT2D eigenvalue weighted by Gasteiger charge is 2.21. The van der Waals surface area contributed by atoms with Crippen LogP contribution in [0.2, 0.25) is 0 Å². The molecule has 0 rings (SSSR count). The number of allylic oxidation sites excluding steroid dienone is 14. The van der Waals surface area contributed by atoms with E-state index >= 15 is 0 Å². The van der Waals surface area contributed by atoms with Gasteiger partial charge in [0.2, 0.25) is 0 Å². The molecule has 0 N–H and O–H groups in total. The van der Waals surface area contributed by atoms with Crippen LogP contribution in [0.25, 0.3) is 0 Å². The van der Waals surface area contributed by atoms with Crippen LogP contribution in [0.4, 0.5) is 0 Å². The molecule has 69 heavy (non-hydrogen) atoms. The van der Waals surface area contributed by atoms with E-state index in [2.05, 4.69) is 98.9 Å². The summed E-state index contributed by atoms with van der Waals surface area (Å²) in [5.41, 5.74) is 0. The number of ether oxygens (including phenoxy) is 2. The number of likely N-dealkylation sites (N-methyl/N-ethyl adjacent to an activating group) is 1. The van der Waals surface area contributed by atoms with Crippen LogP contribution < -0.4 is 4.89 Å². The van der Waals surface area contributed by atoms with E-state index in [1.807, 2.05) is 21.1 Å². The fourth-order valence-electron chi connectivity index (χ4n) is 7.40. The van der Waals surface area contributed by atoms with Crippen molar-refractivity contribution in [3.8, 4) is 0 Å². The number of rotatable bonds is 50. The zero-order chi connectivity index (χ0) is 50.6. The first-order valence-corrected chi connectivity index (χ1v) is 29.3. The molecule has 2 atom stereocenters. The molecule has 0 aromatic carbocycles. The third-order valence-corrected chi connectivity index (χ3v) is 12.6. The molecule has 0 aromatic heterocycles. The molecule has 0 aliphatic rings. The molecule has 9 nitrogen and oxygen atoms in total. The number of nitrogens with zero attached hydrogens (tertiary/aromatic N) is 1. The van der Waals surface area contributed by atoms with Gasteiger partial charge in [-0.15, -0.1) is 0 Å². The molecule has 2 unspecified atom stereocenters. The number of phosphoric acid groups is 1. The van der Waals surface area contributed by atoms with Gasteiger partial charge in [0, 0.05) is 12.8 Å². The molecule has 0 bridgehead atoms. The minimum absolute atomic E-state index is 0.0408. The highest BCUT2D eigenvalue weighted by Crippen LogP contribution is 2.38. The molecule has 0 heterocycles. The predicted molar refractivity (Wildman–Crippen MR) is 291 cm³/mol. The van der Waals surface area contributed by atoms with Gasteiger partial charge in [0.15, 0.2) is 6.10 Å². The van der Waals surface area contributed by atoms with Gasteiger partial charge in [-0.2, -0.15) is 0 Å². The molecule has 10 heteroatoms. The highest BCUT2D eigenvalue weighted by molar-refractivity contribution is 7.45. The summed E-state index contributed by atoms with van der Waals surface area (Å²) < 4.78 is 34.1. The number of carbonyl (C=O) groups excluding carboxylic acids is 2. The molecule has 0 radical (unpaired) electrons. The van der Waals surface area contributed by atoms with Crippen LogP contribution in [-0.2, 0) is 32.7 Å². The largest absolute Gasteiger partial charge is 0.756 e. The van der Waals surface area contributed by atoms with Crippen LogP contribution in [0.5, 0.6) is 0 Å². The lowest BCUT2D eigenvalue weighted by Crippen LogP contribution is -2.37. The van der Waals surface area contributed by atoms with Crippen LogP contribution >= 0.6 is 7.82 Å². The van der Waals surface area contributed by atoms with Crippen molar-refractivity contribution in [2.45, 2.75) is 232 Å². The van der Waals surface area contributed by atoms with Gasteiger partial charge in [-0.05, 0) is 70.6 Å². The van der Waals surface area contributed by atoms with Gasteiger partial charge in [0.25, 0.3) is 7.82 Å². The molecule has 0 aromatic rings. The minimum Gasteiger partial charge on any atom is -0.756 e. The Morgan fingerprint density at radius 2 is 0.826 bits per heavy atom. The summed E-state index contributed by atoms with van der Waals surface area (Å²) in [4.78, 5) is 37.8. The molecule has 0 saturated heterocycles. The van der Waals surface area contributed by atoms with Gasteiger partial charge in [0.05, 0.1) is 27.7 Å². The fraction of sp³-hybridized carbons (Fsp3) is 0.729. The molecule has 0 fully saturated rings. The summed E-state index contributed by atoms with van der Waals surface area (Å²) in [7, 11) is 1.14. The van der Waals surface area contributed by atoms with E-state index < -0.39 is 32.5 Å². The number of carbonyl (C=O) groups is 2. The van der Waals surface area contributed by atoms with Gasteiger partial charge in [0.1, 0.15) is 19.8 Å². The summed E-state index contributed by atoms with van der Waals surface area (Å²) in [6.07, 6.45) is 66.2. The van der Waals surface area contributed by atoms with Crippen LogP contribution in [0, 0.1) is 0 Å². The molecular weight excluding hydrogens is 882 g/mol. The Bertz CT molecular complexity index is 1440. The first kappa shape index (κ1) is 66.2.